The van der Waals surface area contributed by atoms with Crippen molar-refractivity contribution < 1.29 is 9.90 Å². The summed E-state index contributed by atoms with van der Waals surface area (Å²) < 4.78 is 1.89. The Morgan fingerprint density at radius 1 is 1.56 bits per heavy atom. The zero-order chi connectivity index (χ0) is 12.2. The molecule has 0 amide bonds. The van der Waals surface area contributed by atoms with Gasteiger partial charge in [-0.25, -0.2) is 0 Å². The molecule has 0 saturated carbocycles. The van der Waals surface area contributed by atoms with Gasteiger partial charge in [0.1, 0.15) is 6.29 Å². The molecule has 0 bridgehead atoms. The summed E-state index contributed by atoms with van der Waals surface area (Å²) in [5, 5.41) is 14.4. The van der Waals surface area contributed by atoms with Crippen molar-refractivity contribution in [2.75, 3.05) is 0 Å². The Morgan fingerprint density at radius 2 is 2.25 bits per heavy atom. The first-order valence-electron chi connectivity index (χ1n) is 5.74. The summed E-state index contributed by atoms with van der Waals surface area (Å²) in [7, 11) is 0. The molecule has 0 fully saturated rings. The topological polar surface area (TPSA) is 55.1 Å². The number of carbonyl (C=O) groups is 1. The van der Waals surface area contributed by atoms with Crippen molar-refractivity contribution in [1.29, 1.82) is 0 Å². The van der Waals surface area contributed by atoms with E-state index in [1.54, 1.807) is 6.92 Å². The molecule has 0 aliphatic heterocycles. The Hall–Kier alpha value is -1.16. The van der Waals surface area contributed by atoms with Crippen molar-refractivity contribution in [2.45, 2.75) is 52.2 Å². The molecular formula is C12H20N2O2. The Bertz CT molecular complexity index is 356. The average Bonchev–Trinajstić information content (AvgIpc) is 2.59. The molecule has 0 radical (unpaired) electrons. The molecular weight excluding hydrogens is 204 g/mol. The fraction of sp³-hybridized carbons (Fsp3) is 0.667. The number of aryl methyl sites for hydroxylation is 2. The van der Waals surface area contributed by atoms with E-state index in [-0.39, 0.29) is 6.42 Å². The average molecular weight is 224 g/mol. The second-order valence-corrected chi connectivity index (χ2v) is 4.34. The third-order valence-corrected chi connectivity index (χ3v) is 2.66. The number of aliphatic hydroxyl groups is 1. The molecule has 1 aromatic rings. The van der Waals surface area contributed by atoms with Gasteiger partial charge >= 0.3 is 0 Å². The van der Waals surface area contributed by atoms with E-state index in [0.29, 0.717) is 6.42 Å². The lowest BCUT2D eigenvalue weighted by Gasteiger charge is -2.20. The van der Waals surface area contributed by atoms with Crippen molar-refractivity contribution in [3.63, 3.8) is 0 Å². The molecule has 1 N–H and O–H groups in total. The summed E-state index contributed by atoms with van der Waals surface area (Å²) in [5.41, 5.74) is 1.05. The second kappa shape index (κ2) is 5.25. The standard InChI is InChI=1S/C12H20N2O2/c1-4-10-8-11(14(5-2)13-10)9-12(3,16)6-7-15/h7-8,16H,4-6,9H2,1-3H3. The van der Waals surface area contributed by atoms with Gasteiger partial charge in [0.05, 0.1) is 11.3 Å². The molecule has 0 aromatic carbocycles. The third kappa shape index (κ3) is 3.17. The van der Waals surface area contributed by atoms with Gasteiger partial charge in [-0.05, 0) is 26.3 Å². The van der Waals surface area contributed by atoms with E-state index < -0.39 is 5.60 Å². The van der Waals surface area contributed by atoms with Gasteiger partial charge in [-0.15, -0.1) is 0 Å². The van der Waals surface area contributed by atoms with E-state index in [1.165, 1.54) is 0 Å². The molecule has 1 aromatic heterocycles. The number of hydrogen-bond donors (Lipinski definition) is 1. The molecule has 4 heteroatoms. The van der Waals surface area contributed by atoms with Crippen LogP contribution in [0.3, 0.4) is 0 Å². The molecule has 1 atom stereocenters. The fourth-order valence-electron chi connectivity index (χ4n) is 1.75. The van der Waals surface area contributed by atoms with Crippen LogP contribution in [0.5, 0.6) is 0 Å². The van der Waals surface area contributed by atoms with Crippen LogP contribution in [0.1, 0.15) is 38.6 Å². The highest BCUT2D eigenvalue weighted by Crippen LogP contribution is 2.17. The summed E-state index contributed by atoms with van der Waals surface area (Å²) in [6, 6.07) is 2.00. The van der Waals surface area contributed by atoms with Crippen molar-refractivity contribution in [3.05, 3.63) is 17.5 Å². The van der Waals surface area contributed by atoms with Crippen molar-refractivity contribution in [2.24, 2.45) is 0 Å². The summed E-state index contributed by atoms with van der Waals surface area (Å²) in [5.74, 6) is 0. The lowest BCUT2D eigenvalue weighted by Crippen LogP contribution is -2.28. The van der Waals surface area contributed by atoms with E-state index >= 15 is 0 Å². The lowest BCUT2D eigenvalue weighted by atomic mass is 9.97. The van der Waals surface area contributed by atoms with E-state index in [9.17, 15) is 9.90 Å². The van der Waals surface area contributed by atoms with E-state index in [4.69, 9.17) is 0 Å². The quantitative estimate of drug-likeness (QED) is 0.742. The van der Waals surface area contributed by atoms with E-state index in [1.807, 2.05) is 17.7 Å². The Kier molecular flexibility index (Phi) is 4.24. The minimum atomic E-state index is -0.973. The fourth-order valence-corrected chi connectivity index (χ4v) is 1.75. The molecule has 16 heavy (non-hydrogen) atoms. The Balaban J connectivity index is 2.86. The molecule has 90 valence electrons. The predicted molar refractivity (Wildman–Crippen MR) is 62.3 cm³/mol. The SMILES string of the molecule is CCc1cc(CC(C)(O)CC=O)n(CC)n1. The minimum absolute atomic E-state index is 0.156. The zero-order valence-corrected chi connectivity index (χ0v) is 10.2. The van der Waals surface area contributed by atoms with Crippen molar-refractivity contribution >= 4 is 6.29 Å². The van der Waals surface area contributed by atoms with E-state index in [0.717, 1.165) is 30.6 Å². The van der Waals surface area contributed by atoms with Crippen LogP contribution in [0.25, 0.3) is 0 Å². The largest absolute Gasteiger partial charge is 0.389 e. The van der Waals surface area contributed by atoms with Gasteiger partial charge in [-0.1, -0.05) is 6.92 Å². The maximum absolute atomic E-state index is 10.4. The van der Waals surface area contributed by atoms with Crippen LogP contribution in [0.4, 0.5) is 0 Å². The lowest BCUT2D eigenvalue weighted by molar-refractivity contribution is -0.111. The van der Waals surface area contributed by atoms with Gasteiger partial charge in [-0.3, -0.25) is 4.68 Å². The molecule has 1 unspecified atom stereocenters. The van der Waals surface area contributed by atoms with E-state index in [2.05, 4.69) is 12.0 Å². The number of nitrogens with zero attached hydrogens (tertiary/aromatic N) is 2. The number of carbonyl (C=O) groups excluding carboxylic acids is 1. The van der Waals surface area contributed by atoms with Crippen LogP contribution in [-0.2, 0) is 24.2 Å². The molecule has 4 nitrogen and oxygen atoms in total. The van der Waals surface area contributed by atoms with Crippen LogP contribution < -0.4 is 0 Å². The Labute approximate surface area is 96.3 Å². The first-order chi connectivity index (χ1) is 7.52. The molecule has 0 aliphatic carbocycles. The number of aldehydes is 1. The molecule has 0 aliphatic rings. The molecule has 0 saturated heterocycles. The number of hydrogen-bond acceptors (Lipinski definition) is 3. The van der Waals surface area contributed by atoms with Crippen LogP contribution in [0.15, 0.2) is 6.07 Å². The first-order valence-corrected chi connectivity index (χ1v) is 5.74. The van der Waals surface area contributed by atoms with Gasteiger partial charge in [0.25, 0.3) is 0 Å². The highest BCUT2D eigenvalue weighted by Gasteiger charge is 2.22. The van der Waals surface area contributed by atoms with Crippen LogP contribution >= 0.6 is 0 Å². The minimum Gasteiger partial charge on any atom is -0.389 e. The van der Waals surface area contributed by atoms with Crippen LogP contribution in [0, 0.1) is 0 Å². The summed E-state index contributed by atoms with van der Waals surface area (Å²) in [6.07, 6.45) is 2.26. The summed E-state index contributed by atoms with van der Waals surface area (Å²) >= 11 is 0. The van der Waals surface area contributed by atoms with Gasteiger partial charge in [0.2, 0.25) is 0 Å². The monoisotopic (exact) mass is 224 g/mol. The molecule has 0 spiro atoms. The van der Waals surface area contributed by atoms with Crippen molar-refractivity contribution in [1.82, 2.24) is 9.78 Å². The first kappa shape index (κ1) is 12.9. The van der Waals surface area contributed by atoms with Gasteiger partial charge in [0, 0.05) is 25.1 Å². The summed E-state index contributed by atoms with van der Waals surface area (Å²) in [6.45, 7) is 6.53. The zero-order valence-electron chi connectivity index (χ0n) is 10.2. The van der Waals surface area contributed by atoms with Gasteiger partial charge in [-0.2, -0.15) is 5.10 Å². The second-order valence-electron chi connectivity index (χ2n) is 4.34. The third-order valence-electron chi connectivity index (χ3n) is 2.66. The Morgan fingerprint density at radius 3 is 2.75 bits per heavy atom. The highest BCUT2D eigenvalue weighted by molar-refractivity contribution is 5.51. The highest BCUT2D eigenvalue weighted by atomic mass is 16.3. The maximum Gasteiger partial charge on any atom is 0.122 e. The summed E-state index contributed by atoms with van der Waals surface area (Å²) in [4.78, 5) is 10.4. The van der Waals surface area contributed by atoms with Gasteiger partial charge in [0.15, 0.2) is 0 Å². The number of aromatic nitrogens is 2. The predicted octanol–water partition coefficient (Wildman–Crippen LogP) is 1.35. The molecule has 1 rings (SSSR count). The van der Waals surface area contributed by atoms with Gasteiger partial charge < -0.3 is 9.90 Å². The maximum atomic E-state index is 10.4. The normalized spacial score (nSPS) is 14.8. The molecule has 1 heterocycles. The van der Waals surface area contributed by atoms with Crippen molar-refractivity contribution in [3.8, 4) is 0 Å². The van der Waals surface area contributed by atoms with Crippen LogP contribution in [0.2, 0.25) is 0 Å². The smallest absolute Gasteiger partial charge is 0.122 e. The van der Waals surface area contributed by atoms with Crippen LogP contribution in [-0.4, -0.2) is 26.8 Å². The number of rotatable bonds is 6.